The smallest absolute Gasteiger partial charge is 0.103 e. The summed E-state index contributed by atoms with van der Waals surface area (Å²) in [6.45, 7) is 4.09. The summed E-state index contributed by atoms with van der Waals surface area (Å²) in [5.41, 5.74) is 0.318. The summed E-state index contributed by atoms with van der Waals surface area (Å²) < 4.78 is 5.59. The van der Waals surface area contributed by atoms with Crippen molar-refractivity contribution in [1.82, 2.24) is 0 Å². The van der Waals surface area contributed by atoms with Crippen LogP contribution in [0.4, 0.5) is 0 Å². The third kappa shape index (κ3) is 3.45. The van der Waals surface area contributed by atoms with Gasteiger partial charge in [-0.05, 0) is 26.7 Å². The molecule has 3 heteroatoms. The molecule has 0 spiro atoms. The van der Waals surface area contributed by atoms with Crippen molar-refractivity contribution in [2.24, 2.45) is 0 Å². The molecule has 1 saturated heterocycles. The number of aliphatic hydroxyl groups is 1. The number of hydrogen-bond donors (Lipinski definition) is 1. The van der Waals surface area contributed by atoms with Crippen LogP contribution in [0.1, 0.15) is 26.7 Å². The summed E-state index contributed by atoms with van der Waals surface area (Å²) in [6.07, 6.45) is 2.09. The largest absolute Gasteiger partial charge is 0.392 e. The highest BCUT2D eigenvalue weighted by molar-refractivity contribution is 7.99. The van der Waals surface area contributed by atoms with E-state index in [1.807, 2.05) is 13.8 Å². The molecule has 11 heavy (non-hydrogen) atoms. The highest BCUT2D eigenvalue weighted by Crippen LogP contribution is 2.26. The van der Waals surface area contributed by atoms with Gasteiger partial charge < -0.3 is 9.84 Å². The van der Waals surface area contributed by atoms with Crippen molar-refractivity contribution < 1.29 is 9.84 Å². The predicted molar refractivity (Wildman–Crippen MR) is 47.7 cm³/mol. The van der Waals surface area contributed by atoms with Gasteiger partial charge in [0.15, 0.2) is 0 Å². The van der Waals surface area contributed by atoms with Crippen molar-refractivity contribution in [3.8, 4) is 0 Å². The summed E-state index contributed by atoms with van der Waals surface area (Å²) >= 11 is 1.73. The molecule has 1 heterocycles. The molecule has 2 atom stereocenters. The number of rotatable bonds is 2. The molecule has 0 aliphatic carbocycles. The molecule has 1 aliphatic heterocycles. The van der Waals surface area contributed by atoms with E-state index in [9.17, 15) is 5.11 Å². The molecule has 66 valence electrons. The Bertz CT molecular complexity index is 109. The number of thioether (sulfide) groups is 1. The Morgan fingerprint density at radius 1 is 1.45 bits per heavy atom. The predicted octanol–water partition coefficient (Wildman–Crippen LogP) is 1.63. The fraction of sp³-hybridized carbons (Fsp3) is 1.00. The lowest BCUT2D eigenvalue weighted by Crippen LogP contribution is -2.25. The number of hydrogen-bond acceptors (Lipinski definition) is 3. The van der Waals surface area contributed by atoms with Crippen molar-refractivity contribution in [2.75, 3.05) is 5.75 Å². The first-order valence-electron chi connectivity index (χ1n) is 4.13. The molecule has 0 amide bonds. The summed E-state index contributed by atoms with van der Waals surface area (Å²) in [5.74, 6) is 0.831. The van der Waals surface area contributed by atoms with Crippen LogP contribution in [0.2, 0.25) is 0 Å². The minimum absolute atomic E-state index is 0.105. The second-order valence-electron chi connectivity index (χ2n) is 3.18. The Kier molecular flexibility index (Phi) is 3.69. The lowest BCUT2D eigenvalue weighted by atomic mass is 10.2. The Balaban J connectivity index is 2.17. The molecule has 1 rings (SSSR count). The maximum absolute atomic E-state index is 9.18. The Labute approximate surface area is 72.3 Å². The SMILES string of the molecule is CC(C)OC1CCC(O)CS1. The van der Waals surface area contributed by atoms with Crippen molar-refractivity contribution >= 4 is 11.8 Å². The second-order valence-corrected chi connectivity index (χ2v) is 4.37. The normalized spacial score (nSPS) is 32.7. The zero-order valence-corrected chi connectivity index (χ0v) is 7.93. The van der Waals surface area contributed by atoms with Gasteiger partial charge in [-0.15, -0.1) is 11.8 Å². The van der Waals surface area contributed by atoms with Gasteiger partial charge in [0.1, 0.15) is 5.44 Å². The van der Waals surface area contributed by atoms with Crippen LogP contribution in [-0.4, -0.2) is 28.5 Å². The van der Waals surface area contributed by atoms with Gasteiger partial charge in [0.05, 0.1) is 12.2 Å². The topological polar surface area (TPSA) is 29.5 Å². The zero-order valence-electron chi connectivity index (χ0n) is 7.12. The van der Waals surface area contributed by atoms with Gasteiger partial charge in [0.25, 0.3) is 0 Å². The van der Waals surface area contributed by atoms with E-state index in [0.717, 1.165) is 18.6 Å². The van der Waals surface area contributed by atoms with Gasteiger partial charge >= 0.3 is 0 Å². The molecule has 1 aliphatic rings. The summed E-state index contributed by atoms with van der Waals surface area (Å²) in [5, 5.41) is 9.18. The Hall–Kier alpha value is 0.270. The van der Waals surface area contributed by atoms with Gasteiger partial charge in [-0.3, -0.25) is 0 Å². The van der Waals surface area contributed by atoms with Crippen molar-refractivity contribution in [3.05, 3.63) is 0 Å². The number of aliphatic hydroxyl groups excluding tert-OH is 1. The first-order chi connectivity index (χ1) is 5.18. The molecule has 1 N–H and O–H groups in total. The fourth-order valence-electron chi connectivity index (χ4n) is 1.12. The molecule has 2 unspecified atom stereocenters. The van der Waals surface area contributed by atoms with E-state index in [-0.39, 0.29) is 6.10 Å². The lowest BCUT2D eigenvalue weighted by molar-refractivity contribution is 0.0410. The van der Waals surface area contributed by atoms with E-state index in [1.165, 1.54) is 0 Å². The molecular weight excluding hydrogens is 160 g/mol. The summed E-state index contributed by atoms with van der Waals surface area (Å²) in [6, 6.07) is 0. The van der Waals surface area contributed by atoms with Gasteiger partial charge in [0.2, 0.25) is 0 Å². The molecule has 0 saturated carbocycles. The van der Waals surface area contributed by atoms with Crippen LogP contribution in [-0.2, 0) is 4.74 Å². The van der Waals surface area contributed by atoms with Crippen LogP contribution >= 0.6 is 11.8 Å². The molecule has 0 aromatic rings. The standard InChI is InChI=1S/C8H16O2S/c1-6(2)10-8-4-3-7(9)5-11-8/h6-9H,3-5H2,1-2H3. The monoisotopic (exact) mass is 176 g/mol. The van der Waals surface area contributed by atoms with Crippen LogP contribution in [0.25, 0.3) is 0 Å². The van der Waals surface area contributed by atoms with Crippen molar-refractivity contribution in [2.45, 2.75) is 44.3 Å². The van der Waals surface area contributed by atoms with E-state index >= 15 is 0 Å². The van der Waals surface area contributed by atoms with Crippen molar-refractivity contribution in [1.29, 1.82) is 0 Å². The molecule has 0 bridgehead atoms. The van der Waals surface area contributed by atoms with E-state index in [2.05, 4.69) is 0 Å². The summed E-state index contributed by atoms with van der Waals surface area (Å²) in [4.78, 5) is 0. The van der Waals surface area contributed by atoms with E-state index in [1.54, 1.807) is 11.8 Å². The second kappa shape index (κ2) is 4.33. The Morgan fingerprint density at radius 3 is 2.64 bits per heavy atom. The molecular formula is C8H16O2S. The Morgan fingerprint density at radius 2 is 2.18 bits per heavy atom. The van der Waals surface area contributed by atoms with Crippen LogP contribution in [0.5, 0.6) is 0 Å². The maximum atomic E-state index is 9.18. The highest BCUT2D eigenvalue weighted by atomic mass is 32.2. The quantitative estimate of drug-likeness (QED) is 0.693. The number of ether oxygens (including phenoxy) is 1. The molecule has 0 aromatic carbocycles. The van der Waals surface area contributed by atoms with Gasteiger partial charge in [-0.1, -0.05) is 0 Å². The maximum Gasteiger partial charge on any atom is 0.103 e. The van der Waals surface area contributed by atoms with Crippen LogP contribution < -0.4 is 0 Å². The average molecular weight is 176 g/mol. The molecule has 0 radical (unpaired) electrons. The van der Waals surface area contributed by atoms with E-state index in [4.69, 9.17) is 4.74 Å². The first-order valence-corrected chi connectivity index (χ1v) is 5.18. The highest BCUT2D eigenvalue weighted by Gasteiger charge is 2.20. The molecule has 1 fully saturated rings. The van der Waals surface area contributed by atoms with Crippen molar-refractivity contribution in [3.63, 3.8) is 0 Å². The minimum Gasteiger partial charge on any atom is -0.392 e. The zero-order chi connectivity index (χ0) is 8.27. The van der Waals surface area contributed by atoms with Crippen LogP contribution in [0, 0.1) is 0 Å². The minimum atomic E-state index is -0.105. The molecule has 2 nitrogen and oxygen atoms in total. The molecule has 0 aromatic heterocycles. The average Bonchev–Trinajstić information content (AvgIpc) is 1.93. The van der Waals surface area contributed by atoms with Gasteiger partial charge in [-0.25, -0.2) is 0 Å². The van der Waals surface area contributed by atoms with Gasteiger partial charge in [-0.2, -0.15) is 0 Å². The van der Waals surface area contributed by atoms with Crippen LogP contribution in [0.15, 0.2) is 0 Å². The first kappa shape index (κ1) is 9.36. The van der Waals surface area contributed by atoms with Crippen LogP contribution in [0.3, 0.4) is 0 Å². The van der Waals surface area contributed by atoms with Gasteiger partial charge in [0, 0.05) is 5.75 Å². The van der Waals surface area contributed by atoms with E-state index < -0.39 is 0 Å². The third-order valence-electron chi connectivity index (χ3n) is 1.63. The third-order valence-corrected chi connectivity index (χ3v) is 2.93. The fourth-order valence-corrected chi connectivity index (χ4v) is 2.33. The lowest BCUT2D eigenvalue weighted by Gasteiger charge is -2.26. The summed E-state index contributed by atoms with van der Waals surface area (Å²) in [7, 11) is 0. The van der Waals surface area contributed by atoms with E-state index in [0.29, 0.717) is 11.5 Å².